The van der Waals surface area contributed by atoms with Crippen LogP contribution in [-0.4, -0.2) is 58.2 Å². The number of nitrogens with zero attached hydrogens (tertiary/aromatic N) is 2. The summed E-state index contributed by atoms with van der Waals surface area (Å²) in [6, 6.07) is 3.57. The number of likely N-dealkylation sites (tertiary alicyclic amines) is 1. The van der Waals surface area contributed by atoms with E-state index in [1.54, 1.807) is 29.4 Å². The number of hydrogen-bond acceptors (Lipinski definition) is 7. The zero-order valence-electron chi connectivity index (χ0n) is 18.7. The Labute approximate surface area is 184 Å². The molecule has 8 heteroatoms. The first-order valence-corrected chi connectivity index (χ1v) is 11.1. The highest BCUT2D eigenvalue weighted by Gasteiger charge is 2.38. The van der Waals surface area contributed by atoms with Gasteiger partial charge in [0.05, 0.1) is 5.70 Å². The second-order valence-electron chi connectivity index (χ2n) is 9.25. The van der Waals surface area contributed by atoms with Gasteiger partial charge in [-0.1, -0.05) is 12.8 Å². The van der Waals surface area contributed by atoms with Gasteiger partial charge in [-0.15, -0.1) is 0 Å². The molecule has 1 aliphatic heterocycles. The maximum atomic E-state index is 12.1. The number of aliphatic hydroxyl groups excluding tert-OH is 1. The smallest absolute Gasteiger partial charge is 0.410 e. The minimum Gasteiger partial charge on any atom is -0.444 e. The molecule has 1 saturated heterocycles. The Bertz CT molecular complexity index is 796. The third-order valence-electron chi connectivity index (χ3n) is 5.60. The summed E-state index contributed by atoms with van der Waals surface area (Å²) in [6.45, 7) is 7.85. The number of unbranched alkanes of at least 4 members (excludes halogenated alkanes) is 1. The number of Topliss-reactive ketones (excluding diaryl/α,β-unsaturated/α-hetero) is 1. The van der Waals surface area contributed by atoms with Gasteiger partial charge in [0.2, 0.25) is 5.78 Å². The number of pyridine rings is 1. The van der Waals surface area contributed by atoms with Gasteiger partial charge in [0.25, 0.3) is 0 Å². The van der Waals surface area contributed by atoms with E-state index in [1.165, 1.54) is 0 Å². The van der Waals surface area contributed by atoms with Crippen LogP contribution in [0.15, 0.2) is 35.9 Å². The maximum absolute atomic E-state index is 12.1. The monoisotopic (exact) mass is 430 g/mol. The van der Waals surface area contributed by atoms with Crippen LogP contribution in [-0.2, 0) is 9.53 Å². The van der Waals surface area contributed by atoms with Crippen LogP contribution in [0.3, 0.4) is 0 Å². The Hall–Kier alpha value is -2.61. The largest absolute Gasteiger partial charge is 0.444 e. The van der Waals surface area contributed by atoms with Crippen molar-refractivity contribution in [1.29, 1.82) is 0 Å². The Balaban J connectivity index is 1.34. The Kier molecular flexibility index (Phi) is 7.54. The molecule has 1 unspecified atom stereocenters. The fourth-order valence-corrected chi connectivity index (χ4v) is 3.87. The molecule has 1 aromatic rings. The zero-order valence-corrected chi connectivity index (χ0v) is 18.7. The molecule has 1 amide bonds. The summed E-state index contributed by atoms with van der Waals surface area (Å²) in [5.74, 6) is 0.347. The highest BCUT2D eigenvalue weighted by Crippen LogP contribution is 2.26. The van der Waals surface area contributed by atoms with Crippen LogP contribution < -0.4 is 10.6 Å². The average molecular weight is 431 g/mol. The van der Waals surface area contributed by atoms with Crippen LogP contribution in [0.25, 0.3) is 0 Å². The highest BCUT2D eigenvalue weighted by molar-refractivity contribution is 6.09. The molecule has 8 nitrogen and oxygen atoms in total. The summed E-state index contributed by atoms with van der Waals surface area (Å²) in [4.78, 5) is 29.9. The van der Waals surface area contributed by atoms with E-state index in [2.05, 4.69) is 15.6 Å². The molecular weight excluding hydrogens is 396 g/mol. The van der Waals surface area contributed by atoms with Gasteiger partial charge in [-0.2, -0.15) is 0 Å². The molecule has 3 rings (SSSR count). The molecule has 31 heavy (non-hydrogen) atoms. The summed E-state index contributed by atoms with van der Waals surface area (Å²) >= 11 is 0. The number of piperidine rings is 1. The Morgan fingerprint density at radius 1 is 1.23 bits per heavy atom. The number of amides is 1. The lowest BCUT2D eigenvalue weighted by atomic mass is 9.91. The summed E-state index contributed by atoms with van der Waals surface area (Å²) in [7, 11) is 0. The van der Waals surface area contributed by atoms with E-state index in [0.29, 0.717) is 23.9 Å². The quantitative estimate of drug-likeness (QED) is 0.545. The topological polar surface area (TPSA) is 104 Å². The number of rotatable bonds is 8. The minimum atomic E-state index is -1.09. The molecule has 0 spiro atoms. The molecule has 3 N–H and O–H groups in total. The number of ketones is 1. The van der Waals surface area contributed by atoms with Gasteiger partial charge in [-0.25, -0.2) is 4.79 Å². The van der Waals surface area contributed by atoms with Crippen molar-refractivity contribution in [3.05, 3.63) is 35.9 Å². The van der Waals surface area contributed by atoms with Crippen LogP contribution >= 0.6 is 0 Å². The van der Waals surface area contributed by atoms with E-state index in [4.69, 9.17) is 4.74 Å². The van der Waals surface area contributed by atoms with Crippen LogP contribution in [0.4, 0.5) is 10.5 Å². The normalized spacial score (nSPS) is 19.8. The third-order valence-corrected chi connectivity index (χ3v) is 5.60. The molecule has 1 aromatic heterocycles. The predicted octanol–water partition coefficient (Wildman–Crippen LogP) is 3.06. The van der Waals surface area contributed by atoms with E-state index in [0.717, 1.165) is 50.9 Å². The molecule has 2 aliphatic rings. The van der Waals surface area contributed by atoms with Crippen molar-refractivity contribution in [1.82, 2.24) is 15.2 Å². The van der Waals surface area contributed by atoms with Gasteiger partial charge in [-0.3, -0.25) is 9.78 Å². The summed E-state index contributed by atoms with van der Waals surface area (Å²) in [6.07, 6.45) is 7.12. The Morgan fingerprint density at radius 3 is 2.55 bits per heavy atom. The number of nitrogens with one attached hydrogen (secondary N) is 2. The van der Waals surface area contributed by atoms with Crippen molar-refractivity contribution in [2.24, 2.45) is 5.92 Å². The zero-order chi connectivity index (χ0) is 22.4. The van der Waals surface area contributed by atoms with E-state index in [-0.39, 0.29) is 11.9 Å². The lowest BCUT2D eigenvalue weighted by molar-refractivity contribution is -0.124. The fourth-order valence-electron chi connectivity index (χ4n) is 3.87. The summed E-state index contributed by atoms with van der Waals surface area (Å²) in [5, 5.41) is 16.2. The molecule has 0 aromatic carbocycles. The van der Waals surface area contributed by atoms with Gasteiger partial charge >= 0.3 is 6.09 Å². The molecule has 1 aliphatic carbocycles. The first kappa shape index (κ1) is 23.1. The van der Waals surface area contributed by atoms with Crippen molar-refractivity contribution in [3.8, 4) is 0 Å². The number of ether oxygens (including phenoxy) is 1. The van der Waals surface area contributed by atoms with Gasteiger partial charge in [0.1, 0.15) is 11.3 Å². The van der Waals surface area contributed by atoms with Crippen LogP contribution in [0.5, 0.6) is 0 Å². The minimum absolute atomic E-state index is 0.216. The Morgan fingerprint density at radius 2 is 1.90 bits per heavy atom. The molecule has 0 saturated carbocycles. The number of carbonyl (C=O) groups excluding carboxylic acids is 2. The lowest BCUT2D eigenvalue weighted by Gasteiger charge is -2.33. The van der Waals surface area contributed by atoms with Crippen LogP contribution in [0.2, 0.25) is 0 Å². The third kappa shape index (κ3) is 6.43. The molecule has 2 heterocycles. The predicted molar refractivity (Wildman–Crippen MR) is 118 cm³/mol. The molecule has 1 fully saturated rings. The number of aliphatic hydroxyl groups is 1. The SMILES string of the molecule is CC(C)(C)OC(=O)N1CCC(CCCCNC2=C(Nc3ccncc3)C(O)C2=O)CC1. The van der Waals surface area contributed by atoms with E-state index in [9.17, 15) is 14.7 Å². The van der Waals surface area contributed by atoms with E-state index in [1.807, 2.05) is 20.8 Å². The van der Waals surface area contributed by atoms with Gasteiger partial charge in [0, 0.05) is 37.7 Å². The molecule has 0 bridgehead atoms. The molecule has 0 radical (unpaired) electrons. The highest BCUT2D eigenvalue weighted by atomic mass is 16.6. The number of hydrogen-bond donors (Lipinski definition) is 3. The van der Waals surface area contributed by atoms with E-state index >= 15 is 0 Å². The molecule has 1 atom stereocenters. The number of aromatic nitrogens is 1. The second kappa shape index (κ2) is 10.1. The van der Waals surface area contributed by atoms with Crippen molar-refractivity contribution in [2.45, 2.75) is 64.6 Å². The molecular formula is C23H34N4O4. The first-order chi connectivity index (χ1) is 14.7. The average Bonchev–Trinajstić information content (AvgIpc) is 2.74. The van der Waals surface area contributed by atoms with Crippen molar-refractivity contribution >= 4 is 17.6 Å². The number of carbonyl (C=O) groups is 2. The van der Waals surface area contributed by atoms with Crippen molar-refractivity contribution in [3.63, 3.8) is 0 Å². The van der Waals surface area contributed by atoms with Gasteiger partial charge < -0.3 is 25.4 Å². The first-order valence-electron chi connectivity index (χ1n) is 11.1. The number of anilines is 1. The molecule has 170 valence electrons. The summed E-state index contributed by atoms with van der Waals surface area (Å²) in [5.41, 5.74) is 1.32. The van der Waals surface area contributed by atoms with Gasteiger partial charge in [0.15, 0.2) is 6.10 Å². The van der Waals surface area contributed by atoms with Crippen LogP contribution in [0, 0.1) is 5.92 Å². The lowest BCUT2D eigenvalue weighted by Crippen LogP contribution is -2.45. The van der Waals surface area contributed by atoms with E-state index < -0.39 is 11.7 Å². The summed E-state index contributed by atoms with van der Waals surface area (Å²) < 4.78 is 5.45. The second-order valence-corrected chi connectivity index (χ2v) is 9.25. The fraction of sp³-hybridized carbons (Fsp3) is 0.609. The van der Waals surface area contributed by atoms with Crippen molar-refractivity contribution < 1.29 is 19.4 Å². The standard InChI is InChI=1S/C23H34N4O4/c1-23(2,3)31-22(30)27-14-9-16(10-15-27)6-4-5-11-25-18-19(21(29)20(18)28)26-17-7-12-24-13-8-17/h7-8,12-13,16,21,25,29H,4-6,9-11,14-15H2,1-3H3,(H,24,26). The van der Waals surface area contributed by atoms with Gasteiger partial charge in [-0.05, 0) is 58.1 Å². The maximum Gasteiger partial charge on any atom is 0.410 e. The van der Waals surface area contributed by atoms with Crippen LogP contribution in [0.1, 0.15) is 52.9 Å². The van der Waals surface area contributed by atoms with Crippen molar-refractivity contribution in [2.75, 3.05) is 25.0 Å².